The zero-order chi connectivity index (χ0) is 25.7. The largest absolute Gasteiger partial charge is 0.468 e. The molecule has 11 heteroatoms. The third-order valence-electron chi connectivity index (χ3n) is 5.96. The number of alkyl halides is 3. The van der Waals surface area contributed by atoms with Crippen LogP contribution in [0.1, 0.15) is 17.4 Å². The highest BCUT2D eigenvalue weighted by Gasteiger charge is 2.34. The summed E-state index contributed by atoms with van der Waals surface area (Å²) >= 11 is 0. The molecule has 1 aliphatic rings. The van der Waals surface area contributed by atoms with Gasteiger partial charge in [-0.05, 0) is 48.5 Å². The van der Waals surface area contributed by atoms with Crippen LogP contribution in [0.25, 0.3) is 0 Å². The first kappa shape index (κ1) is 25.2. The van der Waals surface area contributed by atoms with Gasteiger partial charge in [-0.3, -0.25) is 14.5 Å². The van der Waals surface area contributed by atoms with Gasteiger partial charge in [-0.1, -0.05) is 12.1 Å². The molecule has 1 fully saturated rings. The second-order valence-corrected chi connectivity index (χ2v) is 8.24. The zero-order valence-corrected chi connectivity index (χ0v) is 19.1. The molecule has 0 radical (unpaired) electrons. The maximum absolute atomic E-state index is 13.2. The van der Waals surface area contributed by atoms with Crippen molar-refractivity contribution in [2.45, 2.75) is 12.2 Å². The molecule has 7 nitrogen and oxygen atoms in total. The highest BCUT2D eigenvalue weighted by Crippen LogP contribution is 2.34. The van der Waals surface area contributed by atoms with Gasteiger partial charge in [-0.15, -0.1) is 0 Å². The maximum atomic E-state index is 13.2. The quantitative estimate of drug-likeness (QED) is 0.391. The van der Waals surface area contributed by atoms with Crippen LogP contribution in [0.2, 0.25) is 0 Å². The number of nitrogens with one attached hydrogen (secondary N) is 2. The third-order valence-corrected chi connectivity index (χ3v) is 5.96. The molecule has 2 heterocycles. The van der Waals surface area contributed by atoms with E-state index >= 15 is 0 Å². The second-order valence-electron chi connectivity index (χ2n) is 8.24. The fraction of sp³-hybridized carbons (Fsp3) is 0.280. The molecule has 2 aromatic carbocycles. The molecule has 1 aliphatic heterocycles. The van der Waals surface area contributed by atoms with Crippen LogP contribution in [0.4, 0.5) is 28.9 Å². The summed E-state index contributed by atoms with van der Waals surface area (Å²) in [5.41, 5.74) is -0.641. The average Bonchev–Trinajstić information content (AvgIpc) is 3.39. The molecule has 1 aromatic heterocycles. The molecule has 1 unspecified atom stereocenters. The molecule has 1 atom stereocenters. The highest BCUT2D eigenvalue weighted by atomic mass is 19.4. The Bertz CT molecular complexity index is 1170. The zero-order valence-electron chi connectivity index (χ0n) is 19.1. The van der Waals surface area contributed by atoms with E-state index in [-0.39, 0.29) is 12.4 Å². The topological polar surface area (TPSA) is 77.8 Å². The molecule has 1 saturated heterocycles. The van der Waals surface area contributed by atoms with E-state index < -0.39 is 35.3 Å². The van der Waals surface area contributed by atoms with Gasteiger partial charge in [0.05, 0.1) is 23.6 Å². The summed E-state index contributed by atoms with van der Waals surface area (Å²) in [6.07, 6.45) is -3.18. The Kier molecular flexibility index (Phi) is 7.58. The molecule has 0 spiro atoms. The lowest BCUT2D eigenvalue weighted by Crippen LogP contribution is -2.50. The Labute approximate surface area is 204 Å². The number of anilines is 2. The van der Waals surface area contributed by atoms with E-state index in [2.05, 4.69) is 15.1 Å². The van der Waals surface area contributed by atoms with Crippen LogP contribution in [0.5, 0.6) is 0 Å². The van der Waals surface area contributed by atoms with E-state index in [9.17, 15) is 27.2 Å². The molecule has 2 amide bonds. The van der Waals surface area contributed by atoms with Crippen molar-refractivity contribution in [3.63, 3.8) is 0 Å². The minimum atomic E-state index is -4.68. The number of hydrogen-bond donors (Lipinski definition) is 2. The van der Waals surface area contributed by atoms with Crippen LogP contribution in [0.3, 0.4) is 0 Å². The van der Waals surface area contributed by atoms with Gasteiger partial charge in [-0.2, -0.15) is 13.2 Å². The summed E-state index contributed by atoms with van der Waals surface area (Å²) in [7, 11) is 0. The first-order chi connectivity index (χ1) is 17.2. The van der Waals surface area contributed by atoms with Crippen molar-refractivity contribution >= 4 is 23.2 Å². The minimum Gasteiger partial charge on any atom is -0.468 e. The molecule has 36 heavy (non-hydrogen) atoms. The normalized spacial score (nSPS) is 15.4. The Morgan fingerprint density at radius 2 is 1.61 bits per heavy atom. The summed E-state index contributed by atoms with van der Waals surface area (Å²) < 4.78 is 58.3. The Morgan fingerprint density at radius 1 is 0.917 bits per heavy atom. The molecule has 0 bridgehead atoms. The number of amides is 2. The number of benzene rings is 2. The molecular weight excluding hydrogens is 480 g/mol. The van der Waals surface area contributed by atoms with Gasteiger partial charge in [0.25, 0.3) is 0 Å². The molecular formula is C25H24F4N4O3. The van der Waals surface area contributed by atoms with E-state index in [1.54, 1.807) is 24.3 Å². The van der Waals surface area contributed by atoms with Gasteiger partial charge < -0.3 is 20.0 Å². The van der Waals surface area contributed by atoms with Gasteiger partial charge >= 0.3 is 18.0 Å². The van der Waals surface area contributed by atoms with E-state index in [4.69, 9.17) is 4.42 Å². The SMILES string of the molecule is O=C(NCC(c1ccco1)N1CCN(c2ccc(F)cc2)CC1)C(=O)Nc1ccccc1C(F)(F)F. The van der Waals surface area contributed by atoms with Crippen LogP contribution in [0, 0.1) is 5.82 Å². The third kappa shape index (κ3) is 6.03. The predicted molar refractivity (Wildman–Crippen MR) is 125 cm³/mol. The van der Waals surface area contributed by atoms with Gasteiger partial charge in [0.15, 0.2) is 0 Å². The number of carbonyl (C=O) groups excluding carboxylic acids is 2. The van der Waals surface area contributed by atoms with Crippen LogP contribution in [-0.2, 0) is 15.8 Å². The first-order valence-electron chi connectivity index (χ1n) is 11.3. The van der Waals surface area contributed by atoms with E-state index in [0.717, 1.165) is 17.8 Å². The van der Waals surface area contributed by atoms with Crippen molar-refractivity contribution in [1.29, 1.82) is 0 Å². The van der Waals surface area contributed by atoms with Gasteiger partial charge in [0.2, 0.25) is 0 Å². The number of furan rings is 1. The molecule has 4 rings (SSSR count). The van der Waals surface area contributed by atoms with Crippen molar-refractivity contribution in [1.82, 2.24) is 10.2 Å². The number of rotatable bonds is 6. The van der Waals surface area contributed by atoms with Crippen LogP contribution in [0.15, 0.2) is 71.3 Å². The van der Waals surface area contributed by atoms with Crippen LogP contribution < -0.4 is 15.5 Å². The lowest BCUT2D eigenvalue weighted by molar-refractivity contribution is -0.138. The lowest BCUT2D eigenvalue weighted by atomic mass is 10.1. The number of para-hydroxylation sites is 1. The Balaban J connectivity index is 1.38. The molecule has 3 aromatic rings. The number of halogens is 4. The molecule has 190 valence electrons. The predicted octanol–water partition coefficient (Wildman–Crippen LogP) is 4.06. The molecule has 2 N–H and O–H groups in total. The van der Waals surface area contributed by atoms with Crippen molar-refractivity contribution < 1.29 is 31.6 Å². The van der Waals surface area contributed by atoms with Gasteiger partial charge in [0, 0.05) is 38.4 Å². The second kappa shape index (κ2) is 10.8. The van der Waals surface area contributed by atoms with E-state index in [1.807, 2.05) is 5.32 Å². The van der Waals surface area contributed by atoms with Crippen molar-refractivity contribution in [3.8, 4) is 0 Å². The molecule has 0 aliphatic carbocycles. The van der Waals surface area contributed by atoms with Gasteiger partial charge in [0.1, 0.15) is 11.6 Å². The van der Waals surface area contributed by atoms with Crippen LogP contribution >= 0.6 is 0 Å². The number of nitrogens with zero attached hydrogens (tertiary/aromatic N) is 2. The smallest absolute Gasteiger partial charge is 0.418 e. The van der Waals surface area contributed by atoms with E-state index in [1.165, 1.54) is 30.5 Å². The summed E-state index contributed by atoms with van der Waals surface area (Å²) in [4.78, 5) is 29.0. The minimum absolute atomic E-state index is 0.0111. The fourth-order valence-corrected chi connectivity index (χ4v) is 4.12. The summed E-state index contributed by atoms with van der Waals surface area (Å²) in [5.74, 6) is -2.00. The highest BCUT2D eigenvalue weighted by molar-refractivity contribution is 6.39. The summed E-state index contributed by atoms with van der Waals surface area (Å²) in [5, 5.41) is 4.55. The fourth-order valence-electron chi connectivity index (χ4n) is 4.12. The van der Waals surface area contributed by atoms with E-state index in [0.29, 0.717) is 31.9 Å². The summed E-state index contributed by atoms with van der Waals surface area (Å²) in [6, 6.07) is 13.7. The van der Waals surface area contributed by atoms with Crippen molar-refractivity contribution in [2.75, 3.05) is 42.9 Å². The summed E-state index contributed by atoms with van der Waals surface area (Å²) in [6.45, 7) is 2.50. The number of carbonyl (C=O) groups is 2. The lowest BCUT2D eigenvalue weighted by Gasteiger charge is -2.39. The monoisotopic (exact) mass is 504 g/mol. The van der Waals surface area contributed by atoms with Gasteiger partial charge in [-0.25, -0.2) is 4.39 Å². The van der Waals surface area contributed by atoms with Crippen molar-refractivity contribution in [3.05, 3.63) is 84.1 Å². The first-order valence-corrected chi connectivity index (χ1v) is 11.3. The maximum Gasteiger partial charge on any atom is 0.418 e. The molecule has 0 saturated carbocycles. The van der Waals surface area contributed by atoms with Crippen molar-refractivity contribution in [2.24, 2.45) is 0 Å². The number of piperazine rings is 1. The Morgan fingerprint density at radius 3 is 2.25 bits per heavy atom. The number of hydrogen-bond acceptors (Lipinski definition) is 5. The van der Waals surface area contributed by atoms with Crippen LogP contribution in [-0.4, -0.2) is 49.4 Å². The average molecular weight is 504 g/mol. The Hall–Kier alpha value is -3.86. The standard InChI is InChI=1S/C25H24F4N4O3/c26-17-7-9-18(10-8-17)32-11-13-33(14-12-32)21(22-6-3-15-36-22)16-30-23(34)24(35)31-20-5-2-1-4-19(20)25(27,28)29/h1-10,15,21H,11-14,16H2,(H,30,34)(H,31,35).